The SMILES string of the molecule is COCc1ccc(C(=O)N2CCC(c3cccc(Nc4ncccc4C)n3)CC2)cc1. The van der Waals surface area contributed by atoms with Crippen molar-refractivity contribution in [3.63, 3.8) is 0 Å². The van der Waals surface area contributed by atoms with E-state index >= 15 is 0 Å². The van der Waals surface area contributed by atoms with E-state index in [1.807, 2.05) is 60.4 Å². The molecule has 3 aromatic rings. The first kappa shape index (κ1) is 21.0. The predicted octanol–water partition coefficient (Wildman–Crippen LogP) is 4.69. The number of hydrogen-bond donors (Lipinski definition) is 1. The highest BCUT2D eigenvalue weighted by Crippen LogP contribution is 2.29. The van der Waals surface area contributed by atoms with Crippen LogP contribution in [0.5, 0.6) is 0 Å². The Morgan fingerprint density at radius 2 is 1.87 bits per heavy atom. The average Bonchev–Trinajstić information content (AvgIpc) is 2.81. The molecule has 0 bridgehead atoms. The number of carbonyl (C=O) groups excluding carboxylic acids is 1. The number of nitrogens with zero attached hydrogens (tertiary/aromatic N) is 3. The van der Waals surface area contributed by atoms with Crippen molar-refractivity contribution in [1.29, 1.82) is 0 Å². The molecule has 0 unspecified atom stereocenters. The van der Waals surface area contributed by atoms with Crippen LogP contribution < -0.4 is 5.32 Å². The second kappa shape index (κ2) is 9.71. The number of pyridine rings is 2. The average molecular weight is 417 g/mol. The van der Waals surface area contributed by atoms with Crippen LogP contribution in [0.25, 0.3) is 0 Å². The standard InChI is InChI=1S/C25H28N4O2/c1-18-5-4-14-26-24(18)28-23-7-3-6-22(27-23)20-12-15-29(16-13-20)25(30)21-10-8-19(9-11-21)17-31-2/h3-11,14,20H,12-13,15-17H2,1-2H3,(H,26,27,28). The van der Waals surface area contributed by atoms with E-state index in [0.717, 1.165) is 60.0 Å². The summed E-state index contributed by atoms with van der Waals surface area (Å²) in [6.07, 6.45) is 3.59. The lowest BCUT2D eigenvalue weighted by Crippen LogP contribution is -2.38. The van der Waals surface area contributed by atoms with Crippen molar-refractivity contribution in [1.82, 2.24) is 14.9 Å². The first-order valence-electron chi connectivity index (χ1n) is 10.7. The lowest BCUT2D eigenvalue weighted by atomic mass is 9.92. The van der Waals surface area contributed by atoms with Crippen LogP contribution in [0.4, 0.5) is 11.6 Å². The highest BCUT2D eigenvalue weighted by Gasteiger charge is 2.25. The van der Waals surface area contributed by atoms with Crippen LogP contribution in [0.1, 0.15) is 45.9 Å². The largest absolute Gasteiger partial charge is 0.380 e. The molecule has 0 radical (unpaired) electrons. The fourth-order valence-corrected chi connectivity index (χ4v) is 3.96. The minimum atomic E-state index is 0.0939. The molecule has 1 aliphatic rings. The van der Waals surface area contributed by atoms with Crippen LogP contribution in [-0.2, 0) is 11.3 Å². The number of likely N-dealkylation sites (tertiary alicyclic amines) is 1. The van der Waals surface area contributed by atoms with Gasteiger partial charge in [-0.3, -0.25) is 4.79 Å². The third-order valence-corrected chi connectivity index (χ3v) is 5.74. The molecule has 1 aromatic carbocycles. The van der Waals surface area contributed by atoms with Crippen molar-refractivity contribution in [2.45, 2.75) is 32.3 Å². The van der Waals surface area contributed by atoms with Crippen LogP contribution in [0.2, 0.25) is 0 Å². The van der Waals surface area contributed by atoms with Crippen molar-refractivity contribution in [3.05, 3.63) is 83.2 Å². The summed E-state index contributed by atoms with van der Waals surface area (Å²) in [4.78, 5) is 24.0. The number of methoxy groups -OCH3 is 1. The molecule has 1 fully saturated rings. The number of piperidine rings is 1. The van der Waals surface area contributed by atoms with E-state index in [1.165, 1.54) is 0 Å². The summed E-state index contributed by atoms with van der Waals surface area (Å²) in [5, 5.41) is 3.32. The molecule has 4 rings (SSSR count). The minimum Gasteiger partial charge on any atom is -0.380 e. The molecule has 0 aliphatic carbocycles. The summed E-state index contributed by atoms with van der Waals surface area (Å²) < 4.78 is 5.14. The number of aromatic nitrogens is 2. The van der Waals surface area contributed by atoms with Crippen LogP contribution in [0.3, 0.4) is 0 Å². The first-order chi connectivity index (χ1) is 15.1. The van der Waals surface area contributed by atoms with Crippen molar-refractivity contribution in [3.8, 4) is 0 Å². The van der Waals surface area contributed by atoms with Gasteiger partial charge >= 0.3 is 0 Å². The fraction of sp³-hybridized carbons (Fsp3) is 0.320. The zero-order valence-corrected chi connectivity index (χ0v) is 18.0. The summed E-state index contributed by atoms with van der Waals surface area (Å²) in [6.45, 7) is 4.06. The van der Waals surface area contributed by atoms with E-state index < -0.39 is 0 Å². The number of ether oxygens (including phenoxy) is 1. The maximum absolute atomic E-state index is 12.9. The van der Waals surface area contributed by atoms with Gasteiger partial charge in [0, 0.05) is 43.6 Å². The Labute approximate surface area is 183 Å². The maximum atomic E-state index is 12.9. The second-order valence-corrected chi connectivity index (χ2v) is 7.94. The van der Waals surface area contributed by atoms with E-state index in [9.17, 15) is 4.79 Å². The van der Waals surface area contributed by atoms with Crippen molar-refractivity contribution >= 4 is 17.5 Å². The van der Waals surface area contributed by atoms with E-state index in [1.54, 1.807) is 13.3 Å². The highest BCUT2D eigenvalue weighted by atomic mass is 16.5. The smallest absolute Gasteiger partial charge is 0.253 e. The molecule has 6 heteroatoms. The fourth-order valence-electron chi connectivity index (χ4n) is 3.96. The van der Waals surface area contributed by atoms with Crippen LogP contribution in [0.15, 0.2) is 60.8 Å². The normalized spacial score (nSPS) is 14.5. The Hall–Kier alpha value is -3.25. The van der Waals surface area contributed by atoms with Gasteiger partial charge in [0.15, 0.2) is 0 Å². The van der Waals surface area contributed by atoms with Gasteiger partial charge in [0.25, 0.3) is 5.91 Å². The number of rotatable bonds is 6. The number of benzene rings is 1. The van der Waals surface area contributed by atoms with Gasteiger partial charge in [-0.05, 0) is 61.2 Å². The molecule has 1 amide bonds. The predicted molar refractivity (Wildman–Crippen MR) is 122 cm³/mol. The topological polar surface area (TPSA) is 67.3 Å². The highest BCUT2D eigenvalue weighted by molar-refractivity contribution is 5.94. The molecule has 1 aliphatic heterocycles. The Kier molecular flexibility index (Phi) is 6.57. The van der Waals surface area contributed by atoms with Crippen LogP contribution >= 0.6 is 0 Å². The first-order valence-corrected chi connectivity index (χ1v) is 10.7. The summed E-state index contributed by atoms with van der Waals surface area (Å²) in [6, 6.07) is 17.7. The van der Waals surface area contributed by atoms with Gasteiger partial charge in [-0.2, -0.15) is 0 Å². The van der Waals surface area contributed by atoms with Gasteiger partial charge in [0.05, 0.1) is 6.61 Å². The quantitative estimate of drug-likeness (QED) is 0.631. The van der Waals surface area contributed by atoms with Gasteiger partial charge in [0.1, 0.15) is 11.6 Å². The molecule has 160 valence electrons. The van der Waals surface area contributed by atoms with E-state index in [0.29, 0.717) is 12.5 Å². The molecule has 0 spiro atoms. The van der Waals surface area contributed by atoms with E-state index in [-0.39, 0.29) is 5.91 Å². The Balaban J connectivity index is 1.37. The number of aryl methyl sites for hydroxylation is 1. The number of amides is 1. The van der Waals surface area contributed by atoms with Gasteiger partial charge < -0.3 is 15.0 Å². The third-order valence-electron chi connectivity index (χ3n) is 5.74. The number of carbonyl (C=O) groups is 1. The molecule has 1 saturated heterocycles. The molecule has 0 saturated carbocycles. The van der Waals surface area contributed by atoms with Crippen LogP contribution in [0, 0.1) is 6.92 Å². The molecule has 31 heavy (non-hydrogen) atoms. The number of anilines is 2. The molecule has 6 nitrogen and oxygen atoms in total. The summed E-state index contributed by atoms with van der Waals surface area (Å²) in [7, 11) is 1.67. The zero-order chi connectivity index (χ0) is 21.6. The summed E-state index contributed by atoms with van der Waals surface area (Å²) in [5.74, 6) is 2.06. The van der Waals surface area contributed by atoms with Crippen molar-refractivity contribution < 1.29 is 9.53 Å². The number of nitrogens with one attached hydrogen (secondary N) is 1. The van der Waals surface area contributed by atoms with Gasteiger partial charge in [-0.25, -0.2) is 9.97 Å². The van der Waals surface area contributed by atoms with Crippen molar-refractivity contribution in [2.75, 3.05) is 25.5 Å². The molecule has 1 N–H and O–H groups in total. The Morgan fingerprint density at radius 3 is 2.58 bits per heavy atom. The van der Waals surface area contributed by atoms with E-state index in [2.05, 4.69) is 16.4 Å². The van der Waals surface area contributed by atoms with Gasteiger partial charge in [-0.1, -0.05) is 24.3 Å². The van der Waals surface area contributed by atoms with Crippen molar-refractivity contribution in [2.24, 2.45) is 0 Å². The lowest BCUT2D eigenvalue weighted by Gasteiger charge is -2.32. The number of hydrogen-bond acceptors (Lipinski definition) is 5. The molecule has 2 aromatic heterocycles. The monoisotopic (exact) mass is 416 g/mol. The zero-order valence-electron chi connectivity index (χ0n) is 18.0. The molecule has 0 atom stereocenters. The Bertz CT molecular complexity index is 1030. The summed E-state index contributed by atoms with van der Waals surface area (Å²) in [5.41, 5.74) is 3.94. The van der Waals surface area contributed by atoms with Gasteiger partial charge in [0.2, 0.25) is 0 Å². The molecular weight excluding hydrogens is 388 g/mol. The van der Waals surface area contributed by atoms with Crippen LogP contribution in [-0.4, -0.2) is 41.0 Å². The molecule has 3 heterocycles. The lowest BCUT2D eigenvalue weighted by molar-refractivity contribution is 0.0712. The van der Waals surface area contributed by atoms with Gasteiger partial charge in [-0.15, -0.1) is 0 Å². The second-order valence-electron chi connectivity index (χ2n) is 7.94. The Morgan fingerprint density at radius 1 is 1.10 bits per heavy atom. The maximum Gasteiger partial charge on any atom is 0.253 e. The molecular formula is C25H28N4O2. The third kappa shape index (κ3) is 5.09. The minimum absolute atomic E-state index is 0.0939. The van der Waals surface area contributed by atoms with E-state index in [4.69, 9.17) is 9.72 Å². The summed E-state index contributed by atoms with van der Waals surface area (Å²) >= 11 is 0.